The van der Waals surface area contributed by atoms with E-state index in [9.17, 15) is 12.3 Å². The zero-order chi connectivity index (χ0) is 8.48. The van der Waals surface area contributed by atoms with E-state index in [-0.39, 0.29) is 13.2 Å². The molecule has 0 aromatic carbocycles. The van der Waals surface area contributed by atoms with E-state index in [0.717, 1.165) is 0 Å². The van der Waals surface area contributed by atoms with Crippen LogP contribution in [0.25, 0.3) is 0 Å². The number of nitrogens with zero attached hydrogens (tertiary/aromatic N) is 1. The number of hydrogen-bond acceptors (Lipinski definition) is 3. The third-order valence-electron chi connectivity index (χ3n) is 1.81. The first-order valence-electron chi connectivity index (χ1n) is 3.38. The third-order valence-corrected chi connectivity index (χ3v) is 2.85. The van der Waals surface area contributed by atoms with Gasteiger partial charge in [0.15, 0.2) is 0 Å². The molecule has 1 aliphatic rings. The molecule has 1 rings (SSSR count). The molecule has 0 bridgehead atoms. The highest BCUT2D eigenvalue weighted by molar-refractivity contribution is 7.84. The normalized spacial score (nSPS) is 27.6. The molecule has 0 spiro atoms. The lowest BCUT2D eigenvalue weighted by molar-refractivity contribution is 0.209. The molecule has 0 radical (unpaired) electrons. The van der Waals surface area contributed by atoms with Gasteiger partial charge < -0.3 is 5.11 Å². The van der Waals surface area contributed by atoms with Crippen LogP contribution in [-0.4, -0.2) is 37.0 Å². The smallest absolute Gasteiger partial charge is 0.375 e. The maximum Gasteiger partial charge on any atom is 0.375 e. The van der Waals surface area contributed by atoms with Gasteiger partial charge in [-0.3, -0.25) is 0 Å². The van der Waals surface area contributed by atoms with E-state index in [1.54, 1.807) is 0 Å². The van der Waals surface area contributed by atoms with E-state index in [2.05, 4.69) is 0 Å². The first-order valence-corrected chi connectivity index (χ1v) is 4.72. The van der Waals surface area contributed by atoms with Crippen LogP contribution in [0.1, 0.15) is 12.8 Å². The molecule has 1 fully saturated rings. The minimum Gasteiger partial charge on any atom is -0.395 e. The first kappa shape index (κ1) is 8.89. The summed E-state index contributed by atoms with van der Waals surface area (Å²) in [5.41, 5.74) is 0. The predicted octanol–water partition coefficient (Wildman–Crippen LogP) is -0.343. The summed E-state index contributed by atoms with van der Waals surface area (Å²) in [4.78, 5) is 0. The Hall–Kier alpha value is -0.200. The molecule has 6 heteroatoms. The van der Waals surface area contributed by atoms with Crippen molar-refractivity contribution in [2.75, 3.05) is 13.2 Å². The molecule has 66 valence electrons. The van der Waals surface area contributed by atoms with Crippen LogP contribution in [0.3, 0.4) is 0 Å². The Balaban J connectivity index is 2.72. The molecule has 1 saturated heterocycles. The number of aliphatic hydroxyl groups is 1. The maximum atomic E-state index is 12.3. The molecule has 1 N–H and O–H groups in total. The second-order valence-corrected chi connectivity index (χ2v) is 3.82. The van der Waals surface area contributed by atoms with Gasteiger partial charge in [-0.1, -0.05) is 3.89 Å². The van der Waals surface area contributed by atoms with Gasteiger partial charge in [0.1, 0.15) is 0 Å². The SMILES string of the molecule is O=S(=O)(F)N1CCC[C@H]1CO. The molecule has 1 aliphatic heterocycles. The zero-order valence-corrected chi connectivity index (χ0v) is 6.72. The summed E-state index contributed by atoms with van der Waals surface area (Å²) >= 11 is 0. The predicted molar refractivity (Wildman–Crippen MR) is 36.8 cm³/mol. The van der Waals surface area contributed by atoms with Crippen LogP contribution in [0.4, 0.5) is 3.89 Å². The van der Waals surface area contributed by atoms with Crippen LogP contribution in [-0.2, 0) is 10.4 Å². The Morgan fingerprint density at radius 3 is 2.64 bits per heavy atom. The Kier molecular flexibility index (Phi) is 2.46. The van der Waals surface area contributed by atoms with Crippen LogP contribution in [0, 0.1) is 0 Å². The van der Waals surface area contributed by atoms with Crippen LogP contribution in [0.5, 0.6) is 0 Å². The van der Waals surface area contributed by atoms with Crippen molar-refractivity contribution >= 4 is 10.4 Å². The van der Waals surface area contributed by atoms with Crippen LogP contribution in [0.15, 0.2) is 0 Å². The second-order valence-electron chi connectivity index (χ2n) is 2.53. The van der Waals surface area contributed by atoms with Gasteiger partial charge in [0.2, 0.25) is 0 Å². The summed E-state index contributed by atoms with van der Waals surface area (Å²) in [6.07, 6.45) is 1.16. The van der Waals surface area contributed by atoms with Gasteiger partial charge in [-0.25, -0.2) is 0 Å². The summed E-state index contributed by atoms with van der Waals surface area (Å²) in [6.45, 7) is -0.118. The molecule has 11 heavy (non-hydrogen) atoms. The molecular weight excluding hydrogens is 173 g/mol. The minimum absolute atomic E-state index is 0.185. The Bertz CT molecular complexity index is 228. The maximum absolute atomic E-state index is 12.3. The second kappa shape index (κ2) is 3.04. The average molecular weight is 183 g/mol. The first-order chi connectivity index (χ1) is 5.05. The van der Waals surface area contributed by atoms with E-state index in [4.69, 9.17) is 5.11 Å². The van der Waals surface area contributed by atoms with Crippen molar-refractivity contribution in [1.29, 1.82) is 0 Å². The Labute approximate surface area is 65.0 Å². The molecule has 0 aromatic rings. The molecule has 0 unspecified atom stereocenters. The lowest BCUT2D eigenvalue weighted by Crippen LogP contribution is -2.35. The fraction of sp³-hybridized carbons (Fsp3) is 1.00. The average Bonchev–Trinajstić information content (AvgIpc) is 2.31. The van der Waals surface area contributed by atoms with Crippen molar-refractivity contribution in [3.63, 3.8) is 0 Å². The molecule has 0 amide bonds. The monoisotopic (exact) mass is 183 g/mol. The van der Waals surface area contributed by atoms with Gasteiger partial charge in [0.25, 0.3) is 0 Å². The molecular formula is C5H10FNO3S. The van der Waals surface area contributed by atoms with E-state index in [0.29, 0.717) is 17.1 Å². The van der Waals surface area contributed by atoms with Crippen molar-refractivity contribution in [2.24, 2.45) is 0 Å². The van der Waals surface area contributed by atoms with E-state index < -0.39 is 16.5 Å². The lowest BCUT2D eigenvalue weighted by atomic mass is 10.2. The van der Waals surface area contributed by atoms with Crippen LogP contribution >= 0.6 is 0 Å². The van der Waals surface area contributed by atoms with Crippen molar-refractivity contribution in [3.8, 4) is 0 Å². The van der Waals surface area contributed by atoms with Gasteiger partial charge in [0.05, 0.1) is 12.6 Å². The largest absolute Gasteiger partial charge is 0.395 e. The summed E-state index contributed by atoms with van der Waals surface area (Å²) in [6, 6.07) is -0.551. The zero-order valence-electron chi connectivity index (χ0n) is 5.90. The topological polar surface area (TPSA) is 57.6 Å². The lowest BCUT2D eigenvalue weighted by Gasteiger charge is -2.16. The summed E-state index contributed by atoms with van der Waals surface area (Å²) in [5.74, 6) is 0. The highest BCUT2D eigenvalue weighted by atomic mass is 32.3. The number of hydrogen-bond donors (Lipinski definition) is 1. The number of halogens is 1. The minimum atomic E-state index is -4.59. The van der Waals surface area contributed by atoms with Crippen LogP contribution < -0.4 is 0 Å². The van der Waals surface area contributed by atoms with E-state index in [1.165, 1.54) is 0 Å². The van der Waals surface area contributed by atoms with Gasteiger partial charge >= 0.3 is 10.4 Å². The molecule has 1 heterocycles. The van der Waals surface area contributed by atoms with Crippen molar-refractivity contribution < 1.29 is 17.4 Å². The number of rotatable bonds is 2. The molecule has 0 aromatic heterocycles. The number of aliphatic hydroxyl groups excluding tert-OH is 1. The van der Waals surface area contributed by atoms with Crippen molar-refractivity contribution in [3.05, 3.63) is 0 Å². The summed E-state index contributed by atoms with van der Waals surface area (Å²) in [5, 5.41) is 8.63. The van der Waals surface area contributed by atoms with Gasteiger partial charge in [-0.15, -0.1) is 0 Å². The van der Waals surface area contributed by atoms with Gasteiger partial charge in [0, 0.05) is 6.54 Å². The van der Waals surface area contributed by atoms with Crippen molar-refractivity contribution in [2.45, 2.75) is 18.9 Å². The van der Waals surface area contributed by atoms with Crippen molar-refractivity contribution in [1.82, 2.24) is 4.31 Å². The third kappa shape index (κ3) is 1.88. The summed E-state index contributed by atoms with van der Waals surface area (Å²) < 4.78 is 33.7. The standard InChI is InChI=1S/C5H10FNO3S/c6-11(9,10)7-3-1-2-5(7)4-8/h5,8H,1-4H2/t5-/m0/s1. The fourth-order valence-corrected chi connectivity index (χ4v) is 2.15. The fourth-order valence-electron chi connectivity index (χ4n) is 1.28. The quantitative estimate of drug-likeness (QED) is 0.596. The molecule has 4 nitrogen and oxygen atoms in total. The molecule has 1 atom stereocenters. The molecule has 0 saturated carbocycles. The van der Waals surface area contributed by atoms with Gasteiger partial charge in [-0.2, -0.15) is 12.7 Å². The van der Waals surface area contributed by atoms with Crippen LogP contribution in [0.2, 0.25) is 0 Å². The molecule has 0 aliphatic carbocycles. The highest BCUT2D eigenvalue weighted by Gasteiger charge is 2.33. The Morgan fingerprint density at radius 1 is 1.64 bits per heavy atom. The van der Waals surface area contributed by atoms with Gasteiger partial charge in [-0.05, 0) is 12.8 Å². The summed E-state index contributed by atoms with van der Waals surface area (Å²) in [7, 11) is -4.59. The van der Waals surface area contributed by atoms with E-state index >= 15 is 0 Å². The highest BCUT2D eigenvalue weighted by Crippen LogP contribution is 2.20. The Morgan fingerprint density at radius 2 is 2.27 bits per heavy atom. The van der Waals surface area contributed by atoms with E-state index in [1.807, 2.05) is 0 Å².